The zero-order valence-electron chi connectivity index (χ0n) is 12.0. The van der Waals surface area contributed by atoms with Gasteiger partial charge in [-0.3, -0.25) is 4.79 Å². The molecule has 126 valence electrons. The maximum Gasteiger partial charge on any atom is 0.273 e. The summed E-state index contributed by atoms with van der Waals surface area (Å²) in [6.07, 6.45) is 0. The van der Waals surface area contributed by atoms with Gasteiger partial charge in [-0.25, -0.2) is 21.9 Å². The van der Waals surface area contributed by atoms with E-state index in [0.717, 1.165) is 6.07 Å². The highest BCUT2D eigenvalue weighted by Crippen LogP contribution is 2.15. The molecule has 1 aromatic rings. The van der Waals surface area contributed by atoms with Crippen LogP contribution in [0.15, 0.2) is 29.2 Å². The Balaban J connectivity index is 0.00000441. The van der Waals surface area contributed by atoms with Gasteiger partial charge in [0.1, 0.15) is 0 Å². The number of benzene rings is 1. The van der Waals surface area contributed by atoms with Crippen molar-refractivity contribution in [2.24, 2.45) is 5.73 Å². The molecule has 3 N–H and O–H groups in total. The average Bonchev–Trinajstić information content (AvgIpc) is 2.44. The van der Waals surface area contributed by atoms with Crippen LogP contribution in [0, 0.1) is 0 Å². The molecular formula is C12H18ClF2N3O3S. The van der Waals surface area contributed by atoms with Crippen LogP contribution in [0.1, 0.15) is 10.4 Å². The van der Waals surface area contributed by atoms with Crippen molar-refractivity contribution < 1.29 is 22.0 Å². The quantitative estimate of drug-likeness (QED) is 0.783. The van der Waals surface area contributed by atoms with E-state index < -0.39 is 29.0 Å². The summed E-state index contributed by atoms with van der Waals surface area (Å²) >= 11 is 0. The minimum Gasteiger partial charge on any atom is -0.345 e. The molecule has 0 unspecified atom stereocenters. The molecule has 0 aliphatic carbocycles. The number of sulfonamides is 1. The van der Waals surface area contributed by atoms with Gasteiger partial charge in [0, 0.05) is 19.7 Å². The topological polar surface area (TPSA) is 92.5 Å². The van der Waals surface area contributed by atoms with E-state index in [9.17, 15) is 22.0 Å². The van der Waals surface area contributed by atoms with E-state index >= 15 is 0 Å². The van der Waals surface area contributed by atoms with Crippen LogP contribution in [-0.4, -0.2) is 52.3 Å². The van der Waals surface area contributed by atoms with Gasteiger partial charge in [0.05, 0.1) is 18.0 Å². The minimum atomic E-state index is -4.14. The molecule has 10 heteroatoms. The molecule has 0 fully saturated rings. The molecule has 6 nitrogen and oxygen atoms in total. The van der Waals surface area contributed by atoms with Crippen LogP contribution in [-0.2, 0) is 10.0 Å². The largest absolute Gasteiger partial charge is 0.345 e. The van der Waals surface area contributed by atoms with Crippen molar-refractivity contribution in [2.75, 3.05) is 27.2 Å². The molecule has 22 heavy (non-hydrogen) atoms. The molecule has 0 spiro atoms. The van der Waals surface area contributed by atoms with Gasteiger partial charge in [0.2, 0.25) is 10.0 Å². The monoisotopic (exact) mass is 357 g/mol. The van der Waals surface area contributed by atoms with Crippen LogP contribution >= 0.6 is 12.4 Å². The number of hydrogen-bond acceptors (Lipinski definition) is 4. The van der Waals surface area contributed by atoms with Gasteiger partial charge >= 0.3 is 0 Å². The SMILES string of the molecule is CN(C)C(=O)c1cccc(S(=O)(=O)NCC(F)(F)CN)c1.Cl. The molecule has 0 saturated heterocycles. The molecule has 0 radical (unpaired) electrons. The molecule has 1 aromatic carbocycles. The molecule has 0 aliphatic rings. The van der Waals surface area contributed by atoms with E-state index in [0.29, 0.717) is 0 Å². The van der Waals surface area contributed by atoms with Gasteiger partial charge < -0.3 is 10.6 Å². The molecule has 0 saturated carbocycles. The van der Waals surface area contributed by atoms with Gasteiger partial charge in [0.25, 0.3) is 11.8 Å². The number of nitrogens with two attached hydrogens (primary N) is 1. The maximum absolute atomic E-state index is 13.0. The number of carbonyl (C=O) groups excluding carboxylic acids is 1. The number of halogens is 3. The molecule has 0 aliphatic heterocycles. The summed E-state index contributed by atoms with van der Waals surface area (Å²) < 4.78 is 51.6. The Kier molecular flexibility index (Phi) is 7.36. The predicted octanol–water partition coefficient (Wildman–Crippen LogP) is 0.683. The first-order valence-electron chi connectivity index (χ1n) is 5.98. The number of nitrogens with one attached hydrogen (secondary N) is 1. The van der Waals surface area contributed by atoms with Gasteiger partial charge in [-0.1, -0.05) is 6.07 Å². The lowest BCUT2D eigenvalue weighted by Gasteiger charge is -2.15. The molecule has 1 amide bonds. The predicted molar refractivity (Wildman–Crippen MR) is 80.9 cm³/mol. The van der Waals surface area contributed by atoms with Crippen molar-refractivity contribution in [2.45, 2.75) is 10.8 Å². The van der Waals surface area contributed by atoms with E-state index in [-0.39, 0.29) is 28.8 Å². The summed E-state index contributed by atoms with van der Waals surface area (Å²) in [4.78, 5) is 12.8. The summed E-state index contributed by atoms with van der Waals surface area (Å²) in [5.74, 6) is -3.72. The zero-order valence-corrected chi connectivity index (χ0v) is 13.7. The second kappa shape index (κ2) is 7.82. The average molecular weight is 358 g/mol. The van der Waals surface area contributed by atoms with Crippen LogP contribution in [0.4, 0.5) is 8.78 Å². The van der Waals surface area contributed by atoms with Crippen molar-refractivity contribution in [1.29, 1.82) is 0 Å². The smallest absolute Gasteiger partial charge is 0.273 e. The molecule has 0 heterocycles. The lowest BCUT2D eigenvalue weighted by Crippen LogP contribution is -2.41. The third kappa shape index (κ3) is 5.48. The van der Waals surface area contributed by atoms with Crippen LogP contribution in [0.3, 0.4) is 0 Å². The molecular weight excluding hydrogens is 340 g/mol. The van der Waals surface area contributed by atoms with E-state index in [1.807, 2.05) is 0 Å². The highest BCUT2D eigenvalue weighted by molar-refractivity contribution is 7.89. The van der Waals surface area contributed by atoms with E-state index in [1.165, 1.54) is 37.2 Å². The summed E-state index contributed by atoms with van der Waals surface area (Å²) in [6, 6.07) is 5.16. The Morgan fingerprint density at radius 2 is 1.95 bits per heavy atom. The highest BCUT2D eigenvalue weighted by Gasteiger charge is 2.29. The van der Waals surface area contributed by atoms with E-state index in [2.05, 4.69) is 0 Å². The standard InChI is InChI=1S/C12H17F2N3O3S.ClH/c1-17(2)11(18)9-4-3-5-10(6-9)21(19,20)16-8-12(13,14)7-15;/h3-6,16H,7-8,15H2,1-2H3;1H. The Morgan fingerprint density at radius 1 is 1.36 bits per heavy atom. The fraction of sp³-hybridized carbons (Fsp3) is 0.417. The van der Waals surface area contributed by atoms with Crippen molar-refractivity contribution in [3.63, 3.8) is 0 Å². The third-order valence-corrected chi connectivity index (χ3v) is 4.02. The van der Waals surface area contributed by atoms with Crippen LogP contribution < -0.4 is 10.5 Å². The first-order valence-corrected chi connectivity index (χ1v) is 7.47. The second-order valence-corrected chi connectivity index (χ2v) is 6.38. The lowest BCUT2D eigenvalue weighted by molar-refractivity contribution is 0.0170. The molecule has 0 bridgehead atoms. The first-order chi connectivity index (χ1) is 9.59. The summed E-state index contributed by atoms with van der Waals surface area (Å²) in [6.45, 7) is -2.06. The van der Waals surface area contributed by atoms with Crippen molar-refractivity contribution >= 4 is 28.3 Å². The van der Waals surface area contributed by atoms with Crippen LogP contribution in [0.2, 0.25) is 0 Å². The van der Waals surface area contributed by atoms with Crippen LogP contribution in [0.5, 0.6) is 0 Å². The van der Waals surface area contributed by atoms with Crippen molar-refractivity contribution in [1.82, 2.24) is 9.62 Å². The second-order valence-electron chi connectivity index (χ2n) is 4.61. The molecule has 0 aromatic heterocycles. The Labute approximate surface area is 134 Å². The number of hydrogen-bond donors (Lipinski definition) is 2. The van der Waals surface area contributed by atoms with Gasteiger partial charge in [0.15, 0.2) is 0 Å². The van der Waals surface area contributed by atoms with Crippen molar-refractivity contribution in [3.8, 4) is 0 Å². The lowest BCUT2D eigenvalue weighted by atomic mass is 10.2. The summed E-state index contributed by atoms with van der Waals surface area (Å²) in [7, 11) is -1.11. The number of alkyl halides is 2. The number of nitrogens with zero attached hydrogens (tertiary/aromatic N) is 1. The zero-order chi connectivity index (χ0) is 16.3. The third-order valence-electron chi connectivity index (χ3n) is 2.62. The fourth-order valence-electron chi connectivity index (χ4n) is 1.41. The van der Waals surface area contributed by atoms with Gasteiger partial charge in [-0.05, 0) is 18.2 Å². The highest BCUT2D eigenvalue weighted by atomic mass is 35.5. The Bertz CT molecular complexity index is 624. The fourth-order valence-corrected chi connectivity index (χ4v) is 2.52. The van der Waals surface area contributed by atoms with Gasteiger partial charge in [-0.2, -0.15) is 0 Å². The van der Waals surface area contributed by atoms with E-state index in [1.54, 1.807) is 4.72 Å². The van der Waals surface area contributed by atoms with Crippen LogP contribution in [0.25, 0.3) is 0 Å². The number of amides is 1. The minimum absolute atomic E-state index is 0. The number of carbonyl (C=O) groups is 1. The van der Waals surface area contributed by atoms with Gasteiger partial charge in [-0.15, -0.1) is 12.4 Å². The summed E-state index contributed by atoms with van der Waals surface area (Å²) in [5, 5.41) is 0. The Hall–Kier alpha value is -1.29. The molecule has 0 atom stereocenters. The first kappa shape index (κ1) is 20.7. The van der Waals surface area contributed by atoms with E-state index in [4.69, 9.17) is 5.73 Å². The normalized spacial score (nSPS) is 11.7. The molecule has 1 rings (SSSR count). The Morgan fingerprint density at radius 3 is 2.45 bits per heavy atom. The maximum atomic E-state index is 13.0. The summed E-state index contributed by atoms with van der Waals surface area (Å²) in [5.41, 5.74) is 4.98. The van der Waals surface area contributed by atoms with Crippen molar-refractivity contribution in [3.05, 3.63) is 29.8 Å². The number of rotatable bonds is 6.